The highest BCUT2D eigenvalue weighted by atomic mass is 79.9. The lowest BCUT2D eigenvalue weighted by Crippen LogP contribution is -2.18. The van der Waals surface area contributed by atoms with Crippen LogP contribution < -0.4 is 11.1 Å². The van der Waals surface area contributed by atoms with Crippen LogP contribution in [0.4, 0.5) is 5.69 Å². The zero-order chi connectivity index (χ0) is 14.5. The van der Waals surface area contributed by atoms with E-state index in [1.807, 2.05) is 37.3 Å². The van der Waals surface area contributed by atoms with E-state index < -0.39 is 0 Å². The van der Waals surface area contributed by atoms with Gasteiger partial charge in [-0.2, -0.15) is 0 Å². The molecule has 0 fully saturated rings. The molecular formula is C14H15BrN4O. The van der Waals surface area contributed by atoms with Gasteiger partial charge in [-0.25, -0.2) is 0 Å². The number of nitrogens with zero attached hydrogens (tertiary/aromatic N) is 2. The second kappa shape index (κ2) is 6.38. The Morgan fingerprint density at radius 2 is 2.25 bits per heavy atom. The Balaban J connectivity index is 2.17. The van der Waals surface area contributed by atoms with Crippen LogP contribution in [0.25, 0.3) is 0 Å². The maximum absolute atomic E-state index is 8.76. The monoisotopic (exact) mass is 334 g/mol. The van der Waals surface area contributed by atoms with Gasteiger partial charge in [0, 0.05) is 28.5 Å². The first-order valence-corrected chi connectivity index (χ1v) is 6.83. The Labute approximate surface area is 125 Å². The number of nitrogens with two attached hydrogens (primary N) is 1. The van der Waals surface area contributed by atoms with Crippen LogP contribution in [0.15, 0.2) is 46.2 Å². The highest BCUT2D eigenvalue weighted by Crippen LogP contribution is 2.21. The van der Waals surface area contributed by atoms with Gasteiger partial charge in [0.2, 0.25) is 0 Å². The van der Waals surface area contributed by atoms with Crippen molar-refractivity contribution < 1.29 is 5.21 Å². The highest BCUT2D eigenvalue weighted by molar-refractivity contribution is 9.10. The molecule has 0 unspecified atom stereocenters. The van der Waals surface area contributed by atoms with Crippen molar-refractivity contribution in [1.29, 1.82) is 0 Å². The fourth-order valence-corrected chi connectivity index (χ4v) is 2.14. The van der Waals surface area contributed by atoms with E-state index in [0.29, 0.717) is 12.2 Å². The third kappa shape index (κ3) is 3.27. The molecule has 0 radical (unpaired) electrons. The molecular weight excluding hydrogens is 320 g/mol. The summed E-state index contributed by atoms with van der Waals surface area (Å²) in [5.74, 6) is 0.00693. The smallest absolute Gasteiger partial charge is 0.189 e. The van der Waals surface area contributed by atoms with E-state index in [0.717, 1.165) is 15.7 Å². The molecule has 2 aromatic rings. The van der Waals surface area contributed by atoms with Crippen molar-refractivity contribution in [3.05, 3.63) is 57.8 Å². The lowest BCUT2D eigenvalue weighted by molar-refractivity contribution is 0.318. The lowest BCUT2D eigenvalue weighted by Gasteiger charge is -2.10. The quantitative estimate of drug-likeness (QED) is 0.347. The van der Waals surface area contributed by atoms with Gasteiger partial charge in [0.1, 0.15) is 5.69 Å². The lowest BCUT2D eigenvalue weighted by atomic mass is 10.1. The molecule has 20 heavy (non-hydrogen) atoms. The van der Waals surface area contributed by atoms with E-state index in [4.69, 9.17) is 10.9 Å². The van der Waals surface area contributed by atoms with E-state index in [9.17, 15) is 0 Å². The van der Waals surface area contributed by atoms with Crippen molar-refractivity contribution in [3.8, 4) is 0 Å². The fourth-order valence-electron chi connectivity index (χ4n) is 1.76. The van der Waals surface area contributed by atoms with Gasteiger partial charge in [-0.15, -0.1) is 0 Å². The van der Waals surface area contributed by atoms with Crippen molar-refractivity contribution in [2.75, 3.05) is 5.32 Å². The summed E-state index contributed by atoms with van der Waals surface area (Å²) in [5, 5.41) is 15.0. The van der Waals surface area contributed by atoms with E-state index >= 15 is 0 Å². The molecule has 0 bridgehead atoms. The van der Waals surface area contributed by atoms with Crippen molar-refractivity contribution in [2.45, 2.75) is 13.5 Å². The molecule has 1 aromatic carbocycles. The minimum Gasteiger partial charge on any atom is -0.409 e. The molecule has 0 amide bonds. The molecule has 0 atom stereocenters. The van der Waals surface area contributed by atoms with Crippen molar-refractivity contribution >= 4 is 27.5 Å². The number of halogens is 1. The number of hydrogen-bond donors (Lipinski definition) is 3. The molecule has 1 aromatic heterocycles. The van der Waals surface area contributed by atoms with Crippen LogP contribution >= 0.6 is 15.9 Å². The molecule has 0 aliphatic rings. The predicted octanol–water partition coefficient (Wildman–Crippen LogP) is 2.86. The summed E-state index contributed by atoms with van der Waals surface area (Å²) in [6, 6.07) is 9.74. The Kier molecular flexibility index (Phi) is 4.57. The zero-order valence-electron chi connectivity index (χ0n) is 11.0. The van der Waals surface area contributed by atoms with E-state index in [1.165, 1.54) is 5.56 Å². The predicted molar refractivity (Wildman–Crippen MR) is 83.0 cm³/mol. The molecule has 104 valence electrons. The first kappa shape index (κ1) is 14.3. The fraction of sp³-hybridized carbons (Fsp3) is 0.143. The molecule has 2 rings (SSSR count). The van der Waals surface area contributed by atoms with Crippen LogP contribution in [0.5, 0.6) is 0 Å². The minimum absolute atomic E-state index is 0.00693. The van der Waals surface area contributed by atoms with Gasteiger partial charge in [-0.05, 0) is 30.7 Å². The second-order valence-electron chi connectivity index (χ2n) is 4.31. The first-order chi connectivity index (χ1) is 9.61. The number of aromatic nitrogens is 1. The summed E-state index contributed by atoms with van der Waals surface area (Å²) in [6.45, 7) is 2.57. The molecule has 6 heteroatoms. The van der Waals surface area contributed by atoms with E-state index in [-0.39, 0.29) is 5.84 Å². The Morgan fingerprint density at radius 3 is 2.95 bits per heavy atom. The number of oxime groups is 1. The number of aryl methyl sites for hydroxylation is 1. The van der Waals surface area contributed by atoms with Gasteiger partial charge >= 0.3 is 0 Å². The Morgan fingerprint density at radius 1 is 1.45 bits per heavy atom. The second-order valence-corrected chi connectivity index (χ2v) is 5.17. The Bertz CT molecular complexity index is 643. The van der Waals surface area contributed by atoms with Gasteiger partial charge in [0.25, 0.3) is 0 Å². The summed E-state index contributed by atoms with van der Waals surface area (Å²) in [4.78, 5) is 4.13. The number of amidine groups is 1. The molecule has 4 N–H and O–H groups in total. The average Bonchev–Trinajstić information content (AvgIpc) is 2.48. The highest BCUT2D eigenvalue weighted by Gasteiger charge is 2.08. The van der Waals surface area contributed by atoms with Crippen molar-refractivity contribution in [2.24, 2.45) is 10.9 Å². The summed E-state index contributed by atoms with van der Waals surface area (Å²) >= 11 is 3.50. The number of pyridine rings is 1. The van der Waals surface area contributed by atoms with Crippen LogP contribution in [0.3, 0.4) is 0 Å². The van der Waals surface area contributed by atoms with Gasteiger partial charge < -0.3 is 16.3 Å². The molecule has 0 aliphatic heterocycles. The maximum Gasteiger partial charge on any atom is 0.189 e. The summed E-state index contributed by atoms with van der Waals surface area (Å²) in [5.41, 5.74) is 9.11. The molecule has 0 aliphatic carbocycles. The van der Waals surface area contributed by atoms with Crippen LogP contribution in [-0.4, -0.2) is 16.0 Å². The topological polar surface area (TPSA) is 83.5 Å². The Hall–Kier alpha value is -2.08. The normalized spacial score (nSPS) is 11.4. The average molecular weight is 335 g/mol. The van der Waals surface area contributed by atoms with E-state index in [2.05, 4.69) is 31.4 Å². The van der Waals surface area contributed by atoms with Gasteiger partial charge in [-0.3, -0.25) is 4.98 Å². The van der Waals surface area contributed by atoms with Gasteiger partial charge in [0.15, 0.2) is 5.84 Å². The van der Waals surface area contributed by atoms with Crippen LogP contribution in [0, 0.1) is 6.92 Å². The molecule has 0 saturated heterocycles. The summed E-state index contributed by atoms with van der Waals surface area (Å²) in [7, 11) is 0. The van der Waals surface area contributed by atoms with Crippen LogP contribution in [-0.2, 0) is 6.54 Å². The first-order valence-electron chi connectivity index (χ1n) is 6.03. The van der Waals surface area contributed by atoms with Gasteiger partial charge in [-0.1, -0.05) is 33.2 Å². The van der Waals surface area contributed by atoms with Crippen molar-refractivity contribution in [1.82, 2.24) is 4.98 Å². The number of rotatable bonds is 4. The number of anilines is 1. The third-order valence-corrected chi connectivity index (χ3v) is 3.75. The SMILES string of the molecule is Cc1ccc(NCc2cccnc2C(N)=NO)cc1Br. The van der Waals surface area contributed by atoms with E-state index in [1.54, 1.807) is 6.20 Å². The number of nitrogens with one attached hydrogen (secondary N) is 1. The zero-order valence-corrected chi connectivity index (χ0v) is 12.6. The number of benzene rings is 1. The molecule has 1 heterocycles. The largest absolute Gasteiger partial charge is 0.409 e. The summed E-state index contributed by atoms with van der Waals surface area (Å²) < 4.78 is 1.05. The maximum atomic E-state index is 8.76. The molecule has 5 nitrogen and oxygen atoms in total. The van der Waals surface area contributed by atoms with Crippen LogP contribution in [0.2, 0.25) is 0 Å². The molecule has 0 spiro atoms. The van der Waals surface area contributed by atoms with Crippen LogP contribution in [0.1, 0.15) is 16.8 Å². The summed E-state index contributed by atoms with van der Waals surface area (Å²) in [6.07, 6.45) is 1.61. The molecule has 0 saturated carbocycles. The van der Waals surface area contributed by atoms with Crippen molar-refractivity contribution in [3.63, 3.8) is 0 Å². The number of hydrogen-bond acceptors (Lipinski definition) is 4. The minimum atomic E-state index is 0.00693. The third-order valence-electron chi connectivity index (χ3n) is 2.90. The van der Waals surface area contributed by atoms with Gasteiger partial charge in [0.05, 0.1) is 0 Å². The standard InChI is InChI=1S/C14H15BrN4O/c1-9-4-5-11(7-12(9)15)18-8-10-3-2-6-17-13(10)14(16)19-20/h2-7,18,20H,8H2,1H3,(H2,16,19).